The zero-order chi connectivity index (χ0) is 17.0. The average Bonchev–Trinajstić information content (AvgIpc) is 2.93. The summed E-state index contributed by atoms with van der Waals surface area (Å²) in [5, 5.41) is 4.81. The lowest BCUT2D eigenvalue weighted by Crippen LogP contribution is -2.30. The Morgan fingerprint density at radius 1 is 1.39 bits per heavy atom. The Balaban J connectivity index is 1.99. The molecule has 8 heteroatoms. The van der Waals surface area contributed by atoms with Crippen LogP contribution in [0.25, 0.3) is 0 Å². The Morgan fingerprint density at radius 2 is 2.13 bits per heavy atom. The van der Waals surface area contributed by atoms with Crippen molar-refractivity contribution in [1.82, 2.24) is 10.3 Å². The summed E-state index contributed by atoms with van der Waals surface area (Å²) in [6, 6.07) is 4.62. The normalized spacial score (nSPS) is 11.6. The molecule has 1 aromatic carbocycles. The average molecular weight is 344 g/mol. The van der Waals surface area contributed by atoms with E-state index >= 15 is 0 Å². The second kappa shape index (κ2) is 6.99. The fourth-order valence-electron chi connectivity index (χ4n) is 1.72. The van der Waals surface area contributed by atoms with Gasteiger partial charge in [0.2, 0.25) is 0 Å². The van der Waals surface area contributed by atoms with Gasteiger partial charge < -0.3 is 10.1 Å². The molecule has 0 aliphatic rings. The van der Waals surface area contributed by atoms with Crippen LogP contribution in [0.1, 0.15) is 34.9 Å². The van der Waals surface area contributed by atoms with Gasteiger partial charge in [0.25, 0.3) is 5.91 Å². The van der Waals surface area contributed by atoms with E-state index in [9.17, 15) is 18.0 Å². The SMILES string of the molecule is CC(C)NC(=O)c1csc(COc2cccc(C(F)(F)F)c2)n1. The summed E-state index contributed by atoms with van der Waals surface area (Å²) in [5.74, 6) is -0.190. The van der Waals surface area contributed by atoms with E-state index in [4.69, 9.17) is 4.74 Å². The first-order valence-electron chi connectivity index (χ1n) is 6.81. The molecule has 1 amide bonds. The van der Waals surface area contributed by atoms with Crippen LogP contribution in [-0.4, -0.2) is 16.9 Å². The summed E-state index contributed by atoms with van der Waals surface area (Å²) in [6.45, 7) is 3.67. The molecule has 2 rings (SSSR count). The Bertz CT molecular complexity index is 683. The van der Waals surface area contributed by atoms with Gasteiger partial charge >= 0.3 is 6.18 Å². The molecule has 0 atom stereocenters. The number of thiazole rings is 1. The van der Waals surface area contributed by atoms with Gasteiger partial charge in [0.1, 0.15) is 23.1 Å². The number of alkyl halides is 3. The van der Waals surface area contributed by atoms with Crippen LogP contribution in [0.2, 0.25) is 0 Å². The highest BCUT2D eigenvalue weighted by Gasteiger charge is 2.30. The third kappa shape index (κ3) is 4.95. The summed E-state index contributed by atoms with van der Waals surface area (Å²) in [4.78, 5) is 15.9. The molecule has 0 saturated heterocycles. The molecule has 0 aliphatic heterocycles. The highest BCUT2D eigenvalue weighted by atomic mass is 32.1. The molecule has 0 saturated carbocycles. The van der Waals surface area contributed by atoms with Crippen molar-refractivity contribution < 1.29 is 22.7 Å². The van der Waals surface area contributed by atoms with Gasteiger partial charge in [-0.2, -0.15) is 13.2 Å². The van der Waals surface area contributed by atoms with Gasteiger partial charge in [0.15, 0.2) is 0 Å². The van der Waals surface area contributed by atoms with Crippen LogP contribution in [0.4, 0.5) is 13.2 Å². The third-order valence-corrected chi connectivity index (χ3v) is 3.55. The number of nitrogens with zero attached hydrogens (tertiary/aromatic N) is 1. The number of carbonyl (C=O) groups is 1. The first kappa shape index (κ1) is 17.3. The maximum Gasteiger partial charge on any atom is 0.416 e. The molecule has 1 aromatic heterocycles. The van der Waals surface area contributed by atoms with Crippen LogP contribution in [0.3, 0.4) is 0 Å². The molecule has 2 aromatic rings. The van der Waals surface area contributed by atoms with Gasteiger partial charge in [-0.3, -0.25) is 4.79 Å². The van der Waals surface area contributed by atoms with E-state index in [1.807, 2.05) is 13.8 Å². The molecule has 4 nitrogen and oxygen atoms in total. The monoisotopic (exact) mass is 344 g/mol. The number of hydrogen-bond acceptors (Lipinski definition) is 4. The number of ether oxygens (including phenoxy) is 1. The van der Waals surface area contributed by atoms with E-state index < -0.39 is 11.7 Å². The smallest absolute Gasteiger partial charge is 0.416 e. The van der Waals surface area contributed by atoms with Crippen LogP contribution >= 0.6 is 11.3 Å². The number of carbonyl (C=O) groups excluding carboxylic acids is 1. The molecule has 0 bridgehead atoms. The summed E-state index contributed by atoms with van der Waals surface area (Å²) < 4.78 is 43.2. The fraction of sp³-hybridized carbons (Fsp3) is 0.333. The van der Waals surface area contributed by atoms with Crippen molar-refractivity contribution in [2.45, 2.75) is 32.7 Å². The van der Waals surface area contributed by atoms with E-state index in [0.29, 0.717) is 5.01 Å². The van der Waals surface area contributed by atoms with Crippen LogP contribution in [0.5, 0.6) is 5.75 Å². The maximum atomic E-state index is 12.6. The Labute approximate surface area is 135 Å². The van der Waals surface area contributed by atoms with Crippen LogP contribution in [0, 0.1) is 0 Å². The second-order valence-corrected chi connectivity index (χ2v) is 6.01. The number of amides is 1. The first-order chi connectivity index (χ1) is 10.8. The number of rotatable bonds is 5. The molecule has 1 N–H and O–H groups in total. The molecule has 23 heavy (non-hydrogen) atoms. The molecule has 0 aliphatic carbocycles. The number of aromatic nitrogens is 1. The van der Waals surface area contributed by atoms with Gasteiger partial charge in [0.05, 0.1) is 5.56 Å². The Kier molecular flexibility index (Phi) is 5.25. The zero-order valence-corrected chi connectivity index (χ0v) is 13.3. The second-order valence-electron chi connectivity index (χ2n) is 5.07. The van der Waals surface area contributed by atoms with Gasteiger partial charge in [0, 0.05) is 11.4 Å². The van der Waals surface area contributed by atoms with E-state index in [-0.39, 0.29) is 30.0 Å². The van der Waals surface area contributed by atoms with E-state index in [1.165, 1.54) is 23.5 Å². The molecule has 124 valence electrons. The summed E-state index contributed by atoms with van der Waals surface area (Å²) in [5.41, 5.74) is -0.502. The molecule has 0 unspecified atom stereocenters. The molecule has 0 fully saturated rings. The number of hydrogen-bond donors (Lipinski definition) is 1. The van der Waals surface area contributed by atoms with Crippen molar-refractivity contribution >= 4 is 17.2 Å². The summed E-state index contributed by atoms with van der Waals surface area (Å²) in [6.07, 6.45) is -4.41. The number of benzene rings is 1. The van der Waals surface area contributed by atoms with Crippen molar-refractivity contribution in [1.29, 1.82) is 0 Å². The minimum Gasteiger partial charge on any atom is -0.486 e. The fourth-order valence-corrected chi connectivity index (χ4v) is 2.41. The number of nitrogens with one attached hydrogen (secondary N) is 1. The van der Waals surface area contributed by atoms with Crippen LogP contribution in [0.15, 0.2) is 29.6 Å². The summed E-state index contributed by atoms with van der Waals surface area (Å²) >= 11 is 1.21. The van der Waals surface area contributed by atoms with Crippen molar-refractivity contribution in [2.24, 2.45) is 0 Å². The molecule has 1 heterocycles. The van der Waals surface area contributed by atoms with Crippen molar-refractivity contribution in [3.63, 3.8) is 0 Å². The van der Waals surface area contributed by atoms with Gasteiger partial charge in [-0.15, -0.1) is 11.3 Å². The highest BCUT2D eigenvalue weighted by Crippen LogP contribution is 2.31. The van der Waals surface area contributed by atoms with Crippen LogP contribution in [-0.2, 0) is 12.8 Å². The molecule has 0 radical (unpaired) electrons. The first-order valence-corrected chi connectivity index (χ1v) is 7.69. The maximum absolute atomic E-state index is 12.6. The van der Waals surface area contributed by atoms with E-state index in [0.717, 1.165) is 12.1 Å². The largest absolute Gasteiger partial charge is 0.486 e. The lowest BCUT2D eigenvalue weighted by atomic mass is 10.2. The Hall–Kier alpha value is -2.09. The predicted molar refractivity (Wildman–Crippen MR) is 80.5 cm³/mol. The summed E-state index contributed by atoms with van der Waals surface area (Å²) in [7, 11) is 0. The van der Waals surface area contributed by atoms with Crippen molar-refractivity contribution in [3.8, 4) is 5.75 Å². The Morgan fingerprint density at radius 3 is 2.78 bits per heavy atom. The quantitative estimate of drug-likeness (QED) is 0.895. The lowest BCUT2D eigenvalue weighted by molar-refractivity contribution is -0.137. The minimum absolute atomic E-state index is 0.000928. The minimum atomic E-state index is -4.41. The molecular weight excluding hydrogens is 329 g/mol. The third-order valence-electron chi connectivity index (χ3n) is 2.73. The standard InChI is InChI=1S/C15H15F3N2O2S/c1-9(2)19-14(21)12-8-23-13(20-12)7-22-11-5-3-4-10(6-11)15(16,17)18/h3-6,8-9H,7H2,1-2H3,(H,19,21). The topological polar surface area (TPSA) is 51.2 Å². The van der Waals surface area contributed by atoms with Gasteiger partial charge in [-0.25, -0.2) is 4.98 Å². The van der Waals surface area contributed by atoms with Gasteiger partial charge in [-0.05, 0) is 32.0 Å². The molecule has 0 spiro atoms. The molecular formula is C15H15F3N2O2S. The van der Waals surface area contributed by atoms with Crippen LogP contribution < -0.4 is 10.1 Å². The zero-order valence-electron chi connectivity index (χ0n) is 12.5. The number of halogens is 3. The predicted octanol–water partition coefficient (Wildman–Crippen LogP) is 3.88. The van der Waals surface area contributed by atoms with E-state index in [1.54, 1.807) is 5.38 Å². The highest BCUT2D eigenvalue weighted by molar-refractivity contribution is 7.09. The van der Waals surface area contributed by atoms with E-state index in [2.05, 4.69) is 10.3 Å². The van der Waals surface area contributed by atoms with Crippen molar-refractivity contribution in [2.75, 3.05) is 0 Å². The van der Waals surface area contributed by atoms with Gasteiger partial charge in [-0.1, -0.05) is 6.07 Å². The lowest BCUT2D eigenvalue weighted by Gasteiger charge is -2.09. The van der Waals surface area contributed by atoms with Crippen molar-refractivity contribution in [3.05, 3.63) is 45.9 Å².